The van der Waals surface area contributed by atoms with Crippen LogP contribution in [0.4, 0.5) is 0 Å². The third-order valence-electron chi connectivity index (χ3n) is 3.65. The maximum absolute atomic E-state index is 12.1. The van der Waals surface area contributed by atoms with Crippen LogP contribution in [-0.2, 0) is 16.1 Å². The SMILES string of the molecule is CN(CC(=O)NCc1ccco1)C(=O)CN1CCCCC1. The van der Waals surface area contributed by atoms with Gasteiger partial charge in [-0.05, 0) is 38.1 Å². The summed E-state index contributed by atoms with van der Waals surface area (Å²) < 4.78 is 5.13. The van der Waals surface area contributed by atoms with Gasteiger partial charge >= 0.3 is 0 Å². The van der Waals surface area contributed by atoms with Crippen LogP contribution in [0, 0.1) is 0 Å². The molecule has 21 heavy (non-hydrogen) atoms. The van der Waals surface area contributed by atoms with E-state index in [1.165, 1.54) is 11.3 Å². The molecule has 2 amide bonds. The smallest absolute Gasteiger partial charge is 0.239 e. The molecule has 116 valence electrons. The quantitative estimate of drug-likeness (QED) is 0.844. The van der Waals surface area contributed by atoms with Gasteiger partial charge in [-0.1, -0.05) is 6.42 Å². The van der Waals surface area contributed by atoms with Gasteiger partial charge in [0.25, 0.3) is 0 Å². The number of hydrogen-bond donors (Lipinski definition) is 1. The largest absolute Gasteiger partial charge is 0.467 e. The summed E-state index contributed by atoms with van der Waals surface area (Å²) in [6.07, 6.45) is 5.12. The molecule has 0 aromatic carbocycles. The fourth-order valence-corrected chi connectivity index (χ4v) is 2.39. The van der Waals surface area contributed by atoms with Gasteiger partial charge in [-0.25, -0.2) is 0 Å². The molecular formula is C15H23N3O3. The van der Waals surface area contributed by atoms with Crippen molar-refractivity contribution >= 4 is 11.8 Å². The molecule has 0 unspecified atom stereocenters. The molecule has 1 aliphatic heterocycles. The van der Waals surface area contributed by atoms with Gasteiger partial charge in [-0.3, -0.25) is 14.5 Å². The number of amides is 2. The first kappa shape index (κ1) is 15.6. The molecule has 0 spiro atoms. The fraction of sp³-hybridized carbons (Fsp3) is 0.600. The summed E-state index contributed by atoms with van der Waals surface area (Å²) in [5.41, 5.74) is 0. The lowest BCUT2D eigenvalue weighted by Gasteiger charge is -2.27. The predicted molar refractivity (Wildman–Crippen MR) is 78.5 cm³/mol. The van der Waals surface area contributed by atoms with Crippen molar-refractivity contribution in [3.05, 3.63) is 24.2 Å². The summed E-state index contributed by atoms with van der Waals surface area (Å²) in [6.45, 7) is 2.78. The van der Waals surface area contributed by atoms with E-state index in [0.29, 0.717) is 18.8 Å². The van der Waals surface area contributed by atoms with E-state index < -0.39 is 0 Å². The fourth-order valence-electron chi connectivity index (χ4n) is 2.39. The maximum Gasteiger partial charge on any atom is 0.239 e. The van der Waals surface area contributed by atoms with Gasteiger partial charge < -0.3 is 14.6 Å². The Morgan fingerprint density at radius 3 is 2.76 bits per heavy atom. The number of rotatable bonds is 6. The number of nitrogens with one attached hydrogen (secondary N) is 1. The van der Waals surface area contributed by atoms with Crippen LogP contribution in [0.3, 0.4) is 0 Å². The van der Waals surface area contributed by atoms with Crippen LogP contribution in [0.5, 0.6) is 0 Å². The van der Waals surface area contributed by atoms with Crippen LogP contribution < -0.4 is 5.32 Å². The molecule has 0 bridgehead atoms. The Kier molecular flexibility index (Phi) is 5.80. The minimum absolute atomic E-state index is 0.00921. The summed E-state index contributed by atoms with van der Waals surface area (Å²) in [5, 5.41) is 2.73. The molecule has 0 atom stereocenters. The zero-order chi connectivity index (χ0) is 15.1. The zero-order valence-corrected chi connectivity index (χ0v) is 12.5. The molecule has 1 N–H and O–H groups in total. The number of likely N-dealkylation sites (N-methyl/N-ethyl adjacent to an activating group) is 1. The minimum atomic E-state index is -0.180. The van der Waals surface area contributed by atoms with E-state index in [4.69, 9.17) is 4.42 Å². The lowest BCUT2D eigenvalue weighted by Crippen LogP contribution is -2.44. The molecule has 0 saturated carbocycles. The third-order valence-corrected chi connectivity index (χ3v) is 3.65. The maximum atomic E-state index is 12.1. The molecule has 6 heteroatoms. The van der Waals surface area contributed by atoms with Crippen LogP contribution >= 0.6 is 0 Å². The summed E-state index contributed by atoms with van der Waals surface area (Å²) in [5.74, 6) is 0.511. The van der Waals surface area contributed by atoms with Crippen LogP contribution in [-0.4, -0.2) is 54.8 Å². The van der Waals surface area contributed by atoms with Gasteiger partial charge in [0.05, 0.1) is 25.9 Å². The molecule has 2 rings (SSSR count). The van der Waals surface area contributed by atoms with Gasteiger partial charge in [0.2, 0.25) is 11.8 Å². The predicted octanol–water partition coefficient (Wildman–Crippen LogP) is 0.840. The lowest BCUT2D eigenvalue weighted by atomic mass is 10.1. The normalized spacial score (nSPS) is 15.7. The molecule has 1 saturated heterocycles. The monoisotopic (exact) mass is 293 g/mol. The number of hydrogen-bond acceptors (Lipinski definition) is 4. The van der Waals surface area contributed by atoms with Crippen LogP contribution in [0.25, 0.3) is 0 Å². The Morgan fingerprint density at radius 1 is 1.33 bits per heavy atom. The van der Waals surface area contributed by atoms with Crippen molar-refractivity contribution < 1.29 is 14.0 Å². The van der Waals surface area contributed by atoms with Crippen molar-refractivity contribution in [1.29, 1.82) is 0 Å². The highest BCUT2D eigenvalue weighted by molar-refractivity contribution is 5.85. The molecule has 0 aliphatic carbocycles. The highest BCUT2D eigenvalue weighted by atomic mass is 16.3. The number of carbonyl (C=O) groups is 2. The summed E-state index contributed by atoms with van der Waals surface area (Å²) in [6, 6.07) is 3.57. The number of furan rings is 1. The Hall–Kier alpha value is -1.82. The van der Waals surface area contributed by atoms with Gasteiger partial charge in [0.15, 0.2) is 0 Å². The second-order valence-electron chi connectivity index (χ2n) is 5.44. The average Bonchev–Trinajstić information content (AvgIpc) is 2.99. The number of likely N-dealkylation sites (tertiary alicyclic amines) is 1. The van der Waals surface area contributed by atoms with E-state index in [2.05, 4.69) is 10.2 Å². The summed E-state index contributed by atoms with van der Waals surface area (Å²) >= 11 is 0. The average molecular weight is 293 g/mol. The van der Waals surface area contributed by atoms with E-state index in [-0.39, 0.29) is 18.4 Å². The van der Waals surface area contributed by atoms with E-state index in [1.54, 1.807) is 25.4 Å². The van der Waals surface area contributed by atoms with Crippen molar-refractivity contribution in [2.45, 2.75) is 25.8 Å². The third kappa shape index (κ3) is 5.23. The van der Waals surface area contributed by atoms with E-state index in [9.17, 15) is 9.59 Å². The van der Waals surface area contributed by atoms with Crippen LogP contribution in [0.15, 0.2) is 22.8 Å². The van der Waals surface area contributed by atoms with Crippen molar-refractivity contribution in [3.63, 3.8) is 0 Å². The second-order valence-corrected chi connectivity index (χ2v) is 5.44. The number of carbonyl (C=O) groups excluding carboxylic acids is 2. The van der Waals surface area contributed by atoms with Crippen molar-refractivity contribution in [2.75, 3.05) is 33.2 Å². The Labute approximate surface area is 125 Å². The zero-order valence-electron chi connectivity index (χ0n) is 12.5. The lowest BCUT2D eigenvalue weighted by molar-refractivity contribution is -0.135. The number of piperidine rings is 1. The molecule has 2 heterocycles. The van der Waals surface area contributed by atoms with E-state index in [1.807, 2.05) is 0 Å². The van der Waals surface area contributed by atoms with Crippen molar-refractivity contribution in [2.24, 2.45) is 0 Å². The first-order valence-corrected chi connectivity index (χ1v) is 7.40. The van der Waals surface area contributed by atoms with Crippen molar-refractivity contribution in [3.8, 4) is 0 Å². The minimum Gasteiger partial charge on any atom is -0.467 e. The Morgan fingerprint density at radius 2 is 2.10 bits per heavy atom. The molecule has 6 nitrogen and oxygen atoms in total. The van der Waals surface area contributed by atoms with Gasteiger partial charge in [0, 0.05) is 7.05 Å². The second kappa shape index (κ2) is 7.83. The van der Waals surface area contributed by atoms with E-state index in [0.717, 1.165) is 25.9 Å². The van der Waals surface area contributed by atoms with Gasteiger partial charge in [0.1, 0.15) is 5.76 Å². The topological polar surface area (TPSA) is 65.8 Å². The molecule has 1 fully saturated rings. The summed E-state index contributed by atoms with van der Waals surface area (Å²) in [4.78, 5) is 27.5. The molecule has 1 aliphatic rings. The molecule has 1 aromatic rings. The first-order chi connectivity index (χ1) is 10.1. The molecular weight excluding hydrogens is 270 g/mol. The Bertz CT molecular complexity index is 453. The summed E-state index contributed by atoms with van der Waals surface area (Å²) in [7, 11) is 1.67. The Balaban J connectivity index is 1.68. The number of nitrogens with zero attached hydrogens (tertiary/aromatic N) is 2. The van der Waals surface area contributed by atoms with Crippen molar-refractivity contribution in [1.82, 2.24) is 15.1 Å². The van der Waals surface area contributed by atoms with Crippen LogP contribution in [0.2, 0.25) is 0 Å². The molecule has 0 radical (unpaired) electrons. The highest BCUT2D eigenvalue weighted by Gasteiger charge is 2.18. The van der Waals surface area contributed by atoms with Gasteiger partial charge in [-0.2, -0.15) is 0 Å². The molecule has 1 aromatic heterocycles. The standard InChI is InChI=1S/C15H23N3O3/c1-17(15(20)12-18-7-3-2-4-8-18)11-14(19)16-10-13-6-5-9-21-13/h5-6,9H,2-4,7-8,10-12H2,1H3,(H,16,19). The first-order valence-electron chi connectivity index (χ1n) is 7.40. The highest BCUT2D eigenvalue weighted by Crippen LogP contribution is 2.08. The van der Waals surface area contributed by atoms with Crippen LogP contribution in [0.1, 0.15) is 25.0 Å². The van der Waals surface area contributed by atoms with Gasteiger partial charge in [-0.15, -0.1) is 0 Å². The van der Waals surface area contributed by atoms with E-state index >= 15 is 0 Å².